The predicted octanol–water partition coefficient (Wildman–Crippen LogP) is 3.56. The van der Waals surface area contributed by atoms with Crippen molar-refractivity contribution in [1.29, 1.82) is 0 Å². The highest BCUT2D eigenvalue weighted by Gasteiger charge is 2.17. The molecule has 21 heavy (non-hydrogen) atoms. The maximum absolute atomic E-state index is 6.13. The normalized spacial score (nSPS) is 16.2. The van der Waals surface area contributed by atoms with Crippen molar-refractivity contribution in [2.75, 3.05) is 13.1 Å². The number of nitrogens with zero attached hydrogens (tertiary/aromatic N) is 2. The molecule has 1 aromatic carbocycles. The monoisotopic (exact) mass is 323 g/mol. The molecular weight excluding hydrogens is 306 g/mol. The fraction of sp³-hybridized carbons (Fsp3) is 0.467. The molecule has 2 heterocycles. The smallest absolute Gasteiger partial charge is 0.226 e. The lowest BCUT2D eigenvalue weighted by atomic mass is 9.95. The zero-order valence-corrected chi connectivity index (χ0v) is 13.3. The molecule has 4 nitrogen and oxygen atoms in total. The minimum Gasteiger partial charge on any atom is -0.339 e. The highest BCUT2D eigenvalue weighted by molar-refractivity contribution is 7.98. The Morgan fingerprint density at radius 3 is 2.90 bits per heavy atom. The average Bonchev–Trinajstić information content (AvgIpc) is 2.95. The minimum absolute atomic E-state index is 0.663. The largest absolute Gasteiger partial charge is 0.339 e. The molecule has 1 aliphatic heterocycles. The van der Waals surface area contributed by atoms with Gasteiger partial charge in [0.1, 0.15) is 0 Å². The second-order valence-electron chi connectivity index (χ2n) is 5.22. The molecule has 0 unspecified atom stereocenters. The molecule has 0 amide bonds. The molecule has 2 aromatic rings. The van der Waals surface area contributed by atoms with Crippen molar-refractivity contribution < 1.29 is 4.52 Å². The lowest BCUT2D eigenvalue weighted by Crippen LogP contribution is -2.28. The van der Waals surface area contributed by atoms with E-state index in [-0.39, 0.29) is 0 Å². The fourth-order valence-corrected chi connectivity index (χ4v) is 3.55. The molecule has 1 fully saturated rings. The average molecular weight is 324 g/mol. The number of halogens is 1. The Morgan fingerprint density at radius 2 is 2.10 bits per heavy atom. The van der Waals surface area contributed by atoms with Gasteiger partial charge < -0.3 is 9.84 Å². The highest BCUT2D eigenvalue weighted by Crippen LogP contribution is 2.28. The zero-order chi connectivity index (χ0) is 14.5. The molecule has 0 radical (unpaired) electrons. The summed E-state index contributed by atoms with van der Waals surface area (Å²) in [6.07, 6.45) is 3.27. The second-order valence-corrected chi connectivity index (χ2v) is 6.65. The molecule has 6 heteroatoms. The Bertz CT molecular complexity index is 584. The van der Waals surface area contributed by atoms with Crippen LogP contribution in [0.1, 0.15) is 24.6 Å². The van der Waals surface area contributed by atoms with Crippen LogP contribution in [0, 0.1) is 5.92 Å². The van der Waals surface area contributed by atoms with Crippen molar-refractivity contribution >= 4 is 23.4 Å². The van der Waals surface area contributed by atoms with E-state index in [0.29, 0.717) is 11.7 Å². The van der Waals surface area contributed by atoms with Gasteiger partial charge >= 0.3 is 0 Å². The van der Waals surface area contributed by atoms with Crippen LogP contribution < -0.4 is 5.32 Å². The Hall–Kier alpha value is -1.04. The van der Waals surface area contributed by atoms with Crippen LogP contribution in [0.25, 0.3) is 0 Å². The summed E-state index contributed by atoms with van der Waals surface area (Å²) in [5.74, 6) is 2.84. The first-order valence-electron chi connectivity index (χ1n) is 7.21. The van der Waals surface area contributed by atoms with Gasteiger partial charge in [0.2, 0.25) is 5.89 Å². The van der Waals surface area contributed by atoms with Crippen LogP contribution >= 0.6 is 23.4 Å². The third kappa shape index (κ3) is 4.22. The first-order valence-corrected chi connectivity index (χ1v) is 8.57. The zero-order valence-electron chi connectivity index (χ0n) is 11.7. The first-order chi connectivity index (χ1) is 10.3. The van der Waals surface area contributed by atoms with Crippen molar-refractivity contribution in [3.63, 3.8) is 0 Å². The fourth-order valence-electron chi connectivity index (χ4n) is 2.47. The third-order valence-corrected chi connectivity index (χ3v) is 5.14. The van der Waals surface area contributed by atoms with E-state index in [1.54, 1.807) is 11.8 Å². The Balaban J connectivity index is 1.54. The molecule has 1 aliphatic rings. The van der Waals surface area contributed by atoms with E-state index < -0.39 is 0 Å². The van der Waals surface area contributed by atoms with Crippen LogP contribution in [-0.4, -0.2) is 23.2 Å². The van der Waals surface area contributed by atoms with Crippen molar-refractivity contribution in [2.24, 2.45) is 5.92 Å². The SMILES string of the molecule is Clc1ccccc1SCc1noc(CC2CCNCC2)n1. The van der Waals surface area contributed by atoms with Gasteiger partial charge in [-0.3, -0.25) is 0 Å². The van der Waals surface area contributed by atoms with E-state index in [9.17, 15) is 0 Å². The molecule has 0 spiro atoms. The summed E-state index contributed by atoms with van der Waals surface area (Å²) in [4.78, 5) is 5.53. The number of hydrogen-bond acceptors (Lipinski definition) is 5. The number of aromatic nitrogens is 2. The van der Waals surface area contributed by atoms with E-state index in [1.165, 1.54) is 12.8 Å². The summed E-state index contributed by atoms with van der Waals surface area (Å²) in [6.45, 7) is 2.18. The van der Waals surface area contributed by atoms with E-state index >= 15 is 0 Å². The van der Waals surface area contributed by atoms with Gasteiger partial charge in [0, 0.05) is 11.3 Å². The number of nitrogens with one attached hydrogen (secondary N) is 1. The lowest BCUT2D eigenvalue weighted by Gasteiger charge is -2.20. The summed E-state index contributed by atoms with van der Waals surface area (Å²) in [5.41, 5.74) is 0. The van der Waals surface area contributed by atoms with Crippen LogP contribution in [0.15, 0.2) is 33.7 Å². The number of piperidine rings is 1. The Kier molecular flexibility index (Phi) is 5.17. The lowest BCUT2D eigenvalue weighted by molar-refractivity contribution is 0.312. The van der Waals surface area contributed by atoms with Gasteiger partial charge in [-0.25, -0.2) is 0 Å². The summed E-state index contributed by atoms with van der Waals surface area (Å²) in [6, 6.07) is 7.80. The third-order valence-electron chi connectivity index (χ3n) is 3.63. The van der Waals surface area contributed by atoms with Gasteiger partial charge in [-0.2, -0.15) is 4.98 Å². The Labute approximate surface area is 133 Å². The van der Waals surface area contributed by atoms with Gasteiger partial charge in [0.05, 0.1) is 10.8 Å². The second kappa shape index (κ2) is 7.29. The molecule has 1 saturated heterocycles. The van der Waals surface area contributed by atoms with E-state index in [1.807, 2.05) is 24.3 Å². The van der Waals surface area contributed by atoms with Gasteiger partial charge in [-0.15, -0.1) is 11.8 Å². The van der Waals surface area contributed by atoms with Crippen LogP contribution in [0.4, 0.5) is 0 Å². The number of benzene rings is 1. The van der Waals surface area contributed by atoms with Crippen LogP contribution in [0.3, 0.4) is 0 Å². The van der Waals surface area contributed by atoms with E-state index in [0.717, 1.165) is 41.1 Å². The van der Waals surface area contributed by atoms with Gasteiger partial charge in [0.25, 0.3) is 0 Å². The maximum Gasteiger partial charge on any atom is 0.226 e. The number of hydrogen-bond donors (Lipinski definition) is 1. The van der Waals surface area contributed by atoms with Crippen LogP contribution in [-0.2, 0) is 12.2 Å². The molecule has 0 saturated carbocycles. The molecule has 0 bridgehead atoms. The Morgan fingerprint density at radius 1 is 1.29 bits per heavy atom. The molecular formula is C15H18ClN3OS. The summed E-state index contributed by atoms with van der Waals surface area (Å²) < 4.78 is 5.36. The molecule has 1 N–H and O–H groups in total. The molecule has 3 rings (SSSR count). The predicted molar refractivity (Wildman–Crippen MR) is 84.6 cm³/mol. The van der Waals surface area contributed by atoms with Crippen LogP contribution in [0.2, 0.25) is 5.02 Å². The summed E-state index contributed by atoms with van der Waals surface area (Å²) in [5, 5.41) is 8.19. The van der Waals surface area contributed by atoms with E-state index in [4.69, 9.17) is 16.1 Å². The topological polar surface area (TPSA) is 51.0 Å². The number of rotatable bonds is 5. The van der Waals surface area contributed by atoms with Crippen molar-refractivity contribution in [1.82, 2.24) is 15.5 Å². The summed E-state index contributed by atoms with van der Waals surface area (Å²) in [7, 11) is 0. The van der Waals surface area contributed by atoms with Crippen LogP contribution in [0.5, 0.6) is 0 Å². The standard InChI is InChI=1S/C15H18ClN3OS/c16-12-3-1-2-4-13(12)21-10-14-18-15(20-19-14)9-11-5-7-17-8-6-11/h1-4,11,17H,5-10H2. The van der Waals surface area contributed by atoms with Gasteiger partial charge in [0.15, 0.2) is 5.82 Å². The van der Waals surface area contributed by atoms with Crippen molar-refractivity contribution in [2.45, 2.75) is 29.9 Å². The molecule has 1 aromatic heterocycles. The molecule has 0 atom stereocenters. The molecule has 112 valence electrons. The summed E-state index contributed by atoms with van der Waals surface area (Å²) >= 11 is 7.77. The van der Waals surface area contributed by atoms with Crippen molar-refractivity contribution in [3.8, 4) is 0 Å². The highest BCUT2D eigenvalue weighted by atomic mass is 35.5. The molecule has 0 aliphatic carbocycles. The van der Waals surface area contributed by atoms with E-state index in [2.05, 4.69) is 15.5 Å². The van der Waals surface area contributed by atoms with Crippen molar-refractivity contribution in [3.05, 3.63) is 41.0 Å². The van der Waals surface area contributed by atoms with Gasteiger partial charge in [-0.05, 0) is 44.0 Å². The first kappa shape index (κ1) is 14.9. The minimum atomic E-state index is 0.663. The maximum atomic E-state index is 6.13. The number of thioether (sulfide) groups is 1. The quantitative estimate of drug-likeness (QED) is 0.853. The van der Waals surface area contributed by atoms with Gasteiger partial charge in [-0.1, -0.05) is 28.9 Å².